The number of carbonyl (C=O) groups excluding carboxylic acids is 2. The fourth-order valence-corrected chi connectivity index (χ4v) is 2.14. The predicted molar refractivity (Wildman–Crippen MR) is 67.2 cm³/mol. The zero-order valence-corrected chi connectivity index (χ0v) is 11.3. The number of amides is 1. The molecule has 0 aromatic rings. The molecule has 1 aliphatic carbocycles. The number of esters is 1. The molecule has 0 spiro atoms. The van der Waals surface area contributed by atoms with Crippen LogP contribution in [0.5, 0.6) is 0 Å². The number of rotatable bonds is 6. The summed E-state index contributed by atoms with van der Waals surface area (Å²) in [5.74, 6) is -0.226. The zero-order chi connectivity index (χ0) is 13.4. The van der Waals surface area contributed by atoms with E-state index in [-0.39, 0.29) is 17.7 Å². The normalized spacial score (nSPS) is 17.2. The van der Waals surface area contributed by atoms with E-state index in [0.29, 0.717) is 26.0 Å². The summed E-state index contributed by atoms with van der Waals surface area (Å²) in [6.45, 7) is 4.58. The van der Waals surface area contributed by atoms with Gasteiger partial charge in [-0.1, -0.05) is 0 Å². The van der Waals surface area contributed by atoms with E-state index in [1.807, 2.05) is 6.92 Å². The monoisotopic (exact) mass is 257 g/mol. The molecule has 104 valence electrons. The highest BCUT2D eigenvalue weighted by Crippen LogP contribution is 2.32. The van der Waals surface area contributed by atoms with Crippen LogP contribution < -0.4 is 5.32 Å². The van der Waals surface area contributed by atoms with Crippen molar-refractivity contribution in [3.05, 3.63) is 0 Å². The van der Waals surface area contributed by atoms with Gasteiger partial charge in [0.2, 0.25) is 0 Å². The third kappa shape index (κ3) is 5.38. The zero-order valence-electron chi connectivity index (χ0n) is 11.3. The van der Waals surface area contributed by atoms with Crippen LogP contribution in [0.3, 0.4) is 0 Å². The maximum Gasteiger partial charge on any atom is 0.407 e. The Bertz CT molecular complexity index is 285. The van der Waals surface area contributed by atoms with Crippen molar-refractivity contribution in [3.8, 4) is 0 Å². The predicted octanol–water partition coefficient (Wildman–Crippen LogP) is 2.39. The summed E-state index contributed by atoms with van der Waals surface area (Å²) >= 11 is 0. The van der Waals surface area contributed by atoms with Gasteiger partial charge in [0.1, 0.15) is 5.60 Å². The first-order valence-electron chi connectivity index (χ1n) is 6.68. The SMILES string of the molecule is CCOC(=O)CCCNC(=O)OC1(C)CCCC1. The summed E-state index contributed by atoms with van der Waals surface area (Å²) in [7, 11) is 0. The second kappa shape index (κ2) is 7.24. The highest BCUT2D eigenvalue weighted by molar-refractivity contribution is 5.70. The van der Waals surface area contributed by atoms with Crippen molar-refractivity contribution in [1.29, 1.82) is 0 Å². The molecule has 0 heterocycles. The summed E-state index contributed by atoms with van der Waals surface area (Å²) in [5, 5.41) is 2.66. The van der Waals surface area contributed by atoms with Gasteiger partial charge < -0.3 is 14.8 Å². The number of carbonyl (C=O) groups is 2. The van der Waals surface area contributed by atoms with E-state index in [0.717, 1.165) is 25.7 Å². The molecule has 18 heavy (non-hydrogen) atoms. The summed E-state index contributed by atoms with van der Waals surface area (Å²) in [6.07, 6.45) is 4.62. The standard InChI is InChI=1S/C13H23NO4/c1-3-17-11(15)7-6-10-14-12(16)18-13(2)8-4-5-9-13/h3-10H2,1-2H3,(H,14,16). The van der Waals surface area contributed by atoms with Crippen LogP contribution in [-0.4, -0.2) is 30.8 Å². The molecule has 5 heteroatoms. The van der Waals surface area contributed by atoms with Crippen LogP contribution in [0.25, 0.3) is 0 Å². The van der Waals surface area contributed by atoms with Gasteiger partial charge in [-0.3, -0.25) is 4.79 Å². The first-order chi connectivity index (χ1) is 8.56. The smallest absolute Gasteiger partial charge is 0.407 e. The molecule has 0 aliphatic heterocycles. The third-order valence-corrected chi connectivity index (χ3v) is 3.13. The molecule has 0 unspecified atom stereocenters. The largest absolute Gasteiger partial charge is 0.466 e. The lowest BCUT2D eigenvalue weighted by molar-refractivity contribution is -0.143. The quantitative estimate of drug-likeness (QED) is 0.586. The maximum absolute atomic E-state index is 11.5. The molecule has 1 amide bonds. The first kappa shape index (κ1) is 14.8. The number of hydrogen-bond acceptors (Lipinski definition) is 4. The van der Waals surface area contributed by atoms with Crippen molar-refractivity contribution >= 4 is 12.1 Å². The second-order valence-electron chi connectivity index (χ2n) is 4.88. The summed E-state index contributed by atoms with van der Waals surface area (Å²) in [4.78, 5) is 22.6. The Morgan fingerprint density at radius 2 is 1.94 bits per heavy atom. The molecule has 5 nitrogen and oxygen atoms in total. The minimum atomic E-state index is -0.386. The van der Waals surface area contributed by atoms with E-state index in [1.54, 1.807) is 6.92 Å². The minimum Gasteiger partial charge on any atom is -0.466 e. The molecule has 1 rings (SSSR count). The third-order valence-electron chi connectivity index (χ3n) is 3.13. The van der Waals surface area contributed by atoms with Crippen molar-refractivity contribution in [2.45, 2.75) is 58.0 Å². The average molecular weight is 257 g/mol. The van der Waals surface area contributed by atoms with E-state index >= 15 is 0 Å². The van der Waals surface area contributed by atoms with Gasteiger partial charge in [-0.05, 0) is 46.0 Å². The molecule has 0 bridgehead atoms. The van der Waals surface area contributed by atoms with Crippen LogP contribution in [0, 0.1) is 0 Å². The Kier molecular flexibility index (Phi) is 5.95. The van der Waals surface area contributed by atoms with Gasteiger partial charge in [0.15, 0.2) is 0 Å². The van der Waals surface area contributed by atoms with Crippen LogP contribution in [0.2, 0.25) is 0 Å². The van der Waals surface area contributed by atoms with E-state index in [4.69, 9.17) is 9.47 Å². The van der Waals surface area contributed by atoms with Crippen LogP contribution in [0.15, 0.2) is 0 Å². The fourth-order valence-electron chi connectivity index (χ4n) is 2.14. The van der Waals surface area contributed by atoms with Crippen LogP contribution >= 0.6 is 0 Å². The van der Waals surface area contributed by atoms with E-state index < -0.39 is 0 Å². The van der Waals surface area contributed by atoms with Crippen molar-refractivity contribution < 1.29 is 19.1 Å². The Balaban J connectivity index is 2.08. The van der Waals surface area contributed by atoms with E-state index in [2.05, 4.69) is 5.32 Å². The van der Waals surface area contributed by atoms with E-state index in [9.17, 15) is 9.59 Å². The molecule has 0 aromatic heterocycles. The van der Waals surface area contributed by atoms with Gasteiger partial charge in [-0.2, -0.15) is 0 Å². The molecule has 0 radical (unpaired) electrons. The van der Waals surface area contributed by atoms with Gasteiger partial charge in [0.25, 0.3) is 0 Å². The number of alkyl carbamates (subject to hydrolysis) is 1. The molecule has 1 fully saturated rings. The van der Waals surface area contributed by atoms with Gasteiger partial charge >= 0.3 is 12.1 Å². The lowest BCUT2D eigenvalue weighted by atomic mass is 10.1. The van der Waals surface area contributed by atoms with Crippen molar-refractivity contribution in [3.63, 3.8) is 0 Å². The van der Waals surface area contributed by atoms with Crippen LogP contribution in [-0.2, 0) is 14.3 Å². The number of nitrogens with one attached hydrogen (secondary N) is 1. The van der Waals surface area contributed by atoms with Crippen molar-refractivity contribution in [2.24, 2.45) is 0 Å². The molecule has 1 saturated carbocycles. The fraction of sp³-hybridized carbons (Fsp3) is 0.846. The highest BCUT2D eigenvalue weighted by Gasteiger charge is 2.32. The molecule has 0 atom stereocenters. The summed E-state index contributed by atoms with van der Waals surface area (Å²) < 4.78 is 10.2. The highest BCUT2D eigenvalue weighted by atomic mass is 16.6. The van der Waals surface area contributed by atoms with Gasteiger partial charge in [-0.25, -0.2) is 4.79 Å². The van der Waals surface area contributed by atoms with Crippen molar-refractivity contribution in [1.82, 2.24) is 5.32 Å². The van der Waals surface area contributed by atoms with Crippen LogP contribution in [0.1, 0.15) is 52.4 Å². The minimum absolute atomic E-state index is 0.226. The maximum atomic E-state index is 11.5. The Hall–Kier alpha value is -1.26. The summed E-state index contributed by atoms with van der Waals surface area (Å²) in [6, 6.07) is 0. The van der Waals surface area contributed by atoms with Crippen LogP contribution in [0.4, 0.5) is 4.79 Å². The molecular weight excluding hydrogens is 234 g/mol. The Morgan fingerprint density at radius 1 is 1.28 bits per heavy atom. The Morgan fingerprint density at radius 3 is 2.56 bits per heavy atom. The molecule has 0 aromatic carbocycles. The van der Waals surface area contributed by atoms with Crippen molar-refractivity contribution in [2.75, 3.05) is 13.2 Å². The lowest BCUT2D eigenvalue weighted by Gasteiger charge is -2.24. The first-order valence-corrected chi connectivity index (χ1v) is 6.68. The van der Waals surface area contributed by atoms with Gasteiger partial charge in [0.05, 0.1) is 6.61 Å². The lowest BCUT2D eigenvalue weighted by Crippen LogP contribution is -2.35. The molecule has 1 N–H and O–H groups in total. The molecule has 0 saturated heterocycles. The van der Waals surface area contributed by atoms with Gasteiger partial charge in [0, 0.05) is 13.0 Å². The number of ether oxygens (including phenoxy) is 2. The Labute approximate surface area is 108 Å². The van der Waals surface area contributed by atoms with Gasteiger partial charge in [-0.15, -0.1) is 0 Å². The topological polar surface area (TPSA) is 64.6 Å². The number of hydrogen-bond donors (Lipinski definition) is 1. The molecular formula is C13H23NO4. The molecule has 1 aliphatic rings. The average Bonchev–Trinajstić information content (AvgIpc) is 2.71. The summed E-state index contributed by atoms with van der Waals surface area (Å²) in [5.41, 5.74) is -0.300. The second-order valence-corrected chi connectivity index (χ2v) is 4.88. The van der Waals surface area contributed by atoms with E-state index in [1.165, 1.54) is 0 Å².